The molecule has 32 heavy (non-hydrogen) atoms. The van der Waals surface area contributed by atoms with Gasteiger partial charge in [-0.2, -0.15) is 0 Å². The number of thioether (sulfide) groups is 1. The molecule has 0 saturated carbocycles. The maximum absolute atomic E-state index is 11.0. The van der Waals surface area contributed by atoms with Crippen molar-refractivity contribution < 1.29 is 19.4 Å². The van der Waals surface area contributed by atoms with Gasteiger partial charge in [-0.3, -0.25) is 4.79 Å². The van der Waals surface area contributed by atoms with Crippen LogP contribution in [0.1, 0.15) is 36.3 Å². The van der Waals surface area contributed by atoms with Crippen molar-refractivity contribution in [2.75, 3.05) is 12.4 Å². The Bertz CT molecular complexity index is 992. The van der Waals surface area contributed by atoms with E-state index in [0.29, 0.717) is 12.2 Å². The third kappa shape index (κ3) is 7.21. The molecule has 0 aromatic heterocycles. The third-order valence-corrected chi connectivity index (χ3v) is 6.27. The van der Waals surface area contributed by atoms with E-state index < -0.39 is 11.3 Å². The van der Waals surface area contributed by atoms with Gasteiger partial charge in [0.05, 0.1) is 6.61 Å². The molecule has 1 unspecified atom stereocenters. The molecule has 0 amide bonds. The first-order chi connectivity index (χ1) is 15.6. The van der Waals surface area contributed by atoms with E-state index in [-0.39, 0.29) is 0 Å². The number of aryl methyl sites for hydroxylation is 1. The van der Waals surface area contributed by atoms with E-state index in [0.717, 1.165) is 52.7 Å². The predicted octanol–water partition coefficient (Wildman–Crippen LogP) is 7.36. The summed E-state index contributed by atoms with van der Waals surface area (Å²) >= 11 is 7.56. The SMILES string of the molecule is CCCc1cc(Oc2ccccc2)ccc1OCCCSc1ccc(C(Cl)C(=O)O)cc1. The molecule has 0 aliphatic heterocycles. The summed E-state index contributed by atoms with van der Waals surface area (Å²) in [5.41, 5.74) is 1.74. The second kappa shape index (κ2) is 12.4. The van der Waals surface area contributed by atoms with Crippen LogP contribution < -0.4 is 9.47 Å². The molecule has 1 N–H and O–H groups in total. The predicted molar refractivity (Wildman–Crippen MR) is 130 cm³/mol. The largest absolute Gasteiger partial charge is 0.493 e. The minimum Gasteiger partial charge on any atom is -0.493 e. The number of hydrogen-bond acceptors (Lipinski definition) is 4. The lowest BCUT2D eigenvalue weighted by molar-refractivity contribution is -0.136. The Morgan fingerprint density at radius 1 is 1.03 bits per heavy atom. The van der Waals surface area contributed by atoms with Gasteiger partial charge in [0.25, 0.3) is 0 Å². The molecule has 0 heterocycles. The molecule has 0 saturated heterocycles. The lowest BCUT2D eigenvalue weighted by Crippen LogP contribution is -2.04. The van der Waals surface area contributed by atoms with E-state index in [1.807, 2.05) is 54.6 Å². The number of rotatable bonds is 12. The Balaban J connectivity index is 1.48. The highest BCUT2D eigenvalue weighted by Gasteiger charge is 2.15. The zero-order valence-corrected chi connectivity index (χ0v) is 19.6. The maximum Gasteiger partial charge on any atom is 0.326 e. The molecule has 0 radical (unpaired) electrons. The number of carbonyl (C=O) groups is 1. The minimum atomic E-state index is -1.04. The molecule has 1 atom stereocenters. The number of aliphatic carboxylic acids is 1. The zero-order chi connectivity index (χ0) is 22.8. The van der Waals surface area contributed by atoms with E-state index in [2.05, 4.69) is 13.0 Å². The molecule has 6 heteroatoms. The quantitative estimate of drug-likeness (QED) is 0.170. The second-order valence-electron chi connectivity index (χ2n) is 7.25. The Morgan fingerprint density at radius 2 is 1.78 bits per heavy atom. The molecule has 3 aromatic carbocycles. The van der Waals surface area contributed by atoms with Crippen molar-refractivity contribution in [2.45, 2.75) is 36.5 Å². The average molecular weight is 471 g/mol. The summed E-state index contributed by atoms with van der Waals surface area (Å²) in [5.74, 6) is 2.40. The molecule has 0 aliphatic carbocycles. The van der Waals surface area contributed by atoms with Crippen molar-refractivity contribution in [1.82, 2.24) is 0 Å². The first-order valence-electron chi connectivity index (χ1n) is 10.6. The standard InChI is InChI=1S/C26H27ClO4S/c1-2-7-20-18-22(31-21-8-4-3-5-9-21)12-15-24(20)30-16-6-17-32-23-13-10-19(11-14-23)25(27)26(28)29/h3-5,8-15,18,25H,2,6-7,16-17H2,1H3,(H,28,29). The van der Waals surface area contributed by atoms with Gasteiger partial charge in [-0.05, 0) is 66.4 Å². The van der Waals surface area contributed by atoms with Gasteiger partial charge < -0.3 is 14.6 Å². The monoisotopic (exact) mass is 470 g/mol. The van der Waals surface area contributed by atoms with Crippen LogP contribution in [0.2, 0.25) is 0 Å². The molecule has 168 valence electrons. The summed E-state index contributed by atoms with van der Waals surface area (Å²) in [7, 11) is 0. The summed E-state index contributed by atoms with van der Waals surface area (Å²) in [6.07, 6.45) is 2.86. The van der Waals surface area contributed by atoms with Crippen LogP contribution >= 0.6 is 23.4 Å². The molecule has 0 spiro atoms. The number of ether oxygens (including phenoxy) is 2. The summed E-state index contributed by atoms with van der Waals surface area (Å²) in [6.45, 7) is 2.78. The van der Waals surface area contributed by atoms with E-state index in [1.54, 1.807) is 23.9 Å². The number of benzene rings is 3. The van der Waals surface area contributed by atoms with Crippen molar-refractivity contribution in [3.8, 4) is 17.2 Å². The fourth-order valence-electron chi connectivity index (χ4n) is 3.16. The van der Waals surface area contributed by atoms with E-state index >= 15 is 0 Å². The van der Waals surface area contributed by atoms with Gasteiger partial charge >= 0.3 is 5.97 Å². The molecule has 3 aromatic rings. The van der Waals surface area contributed by atoms with Gasteiger partial charge in [0, 0.05) is 10.6 Å². The van der Waals surface area contributed by atoms with Crippen molar-refractivity contribution in [3.63, 3.8) is 0 Å². The van der Waals surface area contributed by atoms with Gasteiger partial charge in [0.1, 0.15) is 17.2 Å². The van der Waals surface area contributed by atoms with E-state index in [1.165, 1.54) is 0 Å². The molecule has 0 aliphatic rings. The van der Waals surface area contributed by atoms with Crippen LogP contribution in [0.15, 0.2) is 77.7 Å². The highest BCUT2D eigenvalue weighted by atomic mass is 35.5. The van der Waals surface area contributed by atoms with Gasteiger partial charge in [0.2, 0.25) is 0 Å². The Labute approximate surface area is 198 Å². The normalized spacial score (nSPS) is 11.7. The molecule has 0 bridgehead atoms. The number of carboxylic acid groups (broad SMARTS) is 1. The minimum absolute atomic E-state index is 0.593. The van der Waals surface area contributed by atoms with Crippen molar-refractivity contribution in [3.05, 3.63) is 83.9 Å². The highest BCUT2D eigenvalue weighted by Crippen LogP contribution is 2.29. The van der Waals surface area contributed by atoms with E-state index in [4.69, 9.17) is 26.2 Å². The summed E-state index contributed by atoms with van der Waals surface area (Å²) in [4.78, 5) is 12.0. The van der Waals surface area contributed by atoms with Crippen molar-refractivity contribution >= 4 is 29.3 Å². The van der Waals surface area contributed by atoms with Crippen LogP contribution in [0.5, 0.6) is 17.2 Å². The number of hydrogen-bond donors (Lipinski definition) is 1. The fraction of sp³-hybridized carbons (Fsp3) is 0.269. The lowest BCUT2D eigenvalue weighted by atomic mass is 10.1. The van der Waals surface area contributed by atoms with Crippen LogP contribution in [-0.4, -0.2) is 23.4 Å². The molecule has 3 rings (SSSR count). The Kier molecular flexibility index (Phi) is 9.32. The van der Waals surface area contributed by atoms with Crippen LogP contribution in [0, 0.1) is 0 Å². The summed E-state index contributed by atoms with van der Waals surface area (Å²) in [6, 6.07) is 23.1. The molecular weight excluding hydrogens is 444 g/mol. The van der Waals surface area contributed by atoms with Gasteiger partial charge in [-0.1, -0.05) is 43.7 Å². The van der Waals surface area contributed by atoms with Crippen molar-refractivity contribution in [2.24, 2.45) is 0 Å². The van der Waals surface area contributed by atoms with Crippen LogP contribution in [0.3, 0.4) is 0 Å². The zero-order valence-electron chi connectivity index (χ0n) is 18.0. The second-order valence-corrected chi connectivity index (χ2v) is 8.86. The Morgan fingerprint density at radius 3 is 2.47 bits per heavy atom. The smallest absolute Gasteiger partial charge is 0.326 e. The number of alkyl halides is 1. The number of para-hydroxylation sites is 1. The third-order valence-electron chi connectivity index (χ3n) is 4.73. The van der Waals surface area contributed by atoms with Crippen LogP contribution in [0.4, 0.5) is 0 Å². The van der Waals surface area contributed by atoms with Gasteiger partial charge in [0.15, 0.2) is 5.38 Å². The van der Waals surface area contributed by atoms with Crippen LogP contribution in [-0.2, 0) is 11.2 Å². The van der Waals surface area contributed by atoms with Crippen molar-refractivity contribution in [1.29, 1.82) is 0 Å². The average Bonchev–Trinajstić information content (AvgIpc) is 2.81. The maximum atomic E-state index is 11.0. The van der Waals surface area contributed by atoms with E-state index in [9.17, 15) is 4.79 Å². The van der Waals surface area contributed by atoms with Gasteiger partial charge in [-0.15, -0.1) is 23.4 Å². The fourth-order valence-corrected chi connectivity index (χ4v) is 4.13. The topological polar surface area (TPSA) is 55.8 Å². The number of halogens is 1. The first-order valence-corrected chi connectivity index (χ1v) is 12.1. The number of carboxylic acids is 1. The molecular formula is C26H27ClO4S. The molecule has 0 fully saturated rings. The first kappa shape index (κ1) is 24.0. The lowest BCUT2D eigenvalue weighted by Gasteiger charge is -2.13. The van der Waals surface area contributed by atoms with Gasteiger partial charge in [-0.25, -0.2) is 0 Å². The summed E-state index contributed by atoms with van der Waals surface area (Å²) in [5, 5.41) is 7.97. The Hall–Kier alpha value is -2.63. The summed E-state index contributed by atoms with van der Waals surface area (Å²) < 4.78 is 12.0. The van der Waals surface area contributed by atoms with Crippen LogP contribution in [0.25, 0.3) is 0 Å². The molecule has 4 nitrogen and oxygen atoms in total. The highest BCUT2D eigenvalue weighted by molar-refractivity contribution is 7.99.